The number of nitrogens with zero attached hydrogens (tertiary/aromatic N) is 2. The summed E-state index contributed by atoms with van der Waals surface area (Å²) < 4.78 is 66.2. The number of amides is 1. The molecule has 1 atom stereocenters. The SMILES string of the molecule is CC1(C)COB(c2cccc(N(CC34CCC(c5ccc(C(F)(F)F)cn5)(CC3)CC4)C(=O)C34CC(F)C(C3)C4)c2)OC1. The Hall–Kier alpha value is -2.46. The van der Waals surface area contributed by atoms with Gasteiger partial charge in [-0.15, -0.1) is 0 Å². The number of anilines is 1. The minimum Gasteiger partial charge on any atom is -0.407 e. The van der Waals surface area contributed by atoms with Crippen LogP contribution >= 0.6 is 0 Å². The Kier molecular flexibility index (Phi) is 6.82. The van der Waals surface area contributed by atoms with Gasteiger partial charge in [0.2, 0.25) is 5.91 Å². The number of carbonyl (C=O) groups excluding carboxylic acids is 1. The summed E-state index contributed by atoms with van der Waals surface area (Å²) >= 11 is 0. The molecule has 7 aliphatic rings. The molecular formula is C33H39BF4N2O3. The van der Waals surface area contributed by atoms with E-state index in [0.29, 0.717) is 39.0 Å². The fraction of sp³-hybridized carbons (Fsp3) is 0.636. The molecule has 1 unspecified atom stereocenters. The van der Waals surface area contributed by atoms with Gasteiger partial charge in [0.1, 0.15) is 6.17 Å². The van der Waals surface area contributed by atoms with Crippen LogP contribution in [-0.2, 0) is 25.7 Å². The molecule has 6 aliphatic carbocycles. The van der Waals surface area contributed by atoms with Gasteiger partial charge in [0.05, 0.1) is 11.0 Å². The van der Waals surface area contributed by atoms with E-state index in [1.54, 1.807) is 6.07 Å². The molecule has 0 radical (unpaired) electrons. The van der Waals surface area contributed by atoms with E-state index in [-0.39, 0.29) is 28.1 Å². The van der Waals surface area contributed by atoms with Gasteiger partial charge < -0.3 is 14.2 Å². The highest BCUT2D eigenvalue weighted by atomic mass is 19.4. The highest BCUT2D eigenvalue weighted by Gasteiger charge is 2.62. The number of fused-ring (bicyclic) bond motifs is 4. The fourth-order valence-electron chi connectivity index (χ4n) is 8.55. The Balaban J connectivity index is 1.13. The molecule has 10 heteroatoms. The third-order valence-corrected chi connectivity index (χ3v) is 11.3. The molecule has 1 aromatic heterocycles. The summed E-state index contributed by atoms with van der Waals surface area (Å²) in [6, 6.07) is 10.6. The van der Waals surface area contributed by atoms with E-state index in [0.717, 1.165) is 67.6 Å². The van der Waals surface area contributed by atoms with Crippen molar-refractivity contribution in [3.8, 4) is 0 Å². The molecule has 7 fully saturated rings. The number of hydrogen-bond donors (Lipinski definition) is 0. The summed E-state index contributed by atoms with van der Waals surface area (Å²) in [5.74, 6) is 0.0118. The van der Waals surface area contributed by atoms with E-state index in [1.165, 1.54) is 0 Å². The highest BCUT2D eigenvalue weighted by molar-refractivity contribution is 6.61. The number of rotatable bonds is 6. The van der Waals surface area contributed by atoms with E-state index in [1.807, 2.05) is 29.2 Å². The summed E-state index contributed by atoms with van der Waals surface area (Å²) in [4.78, 5) is 20.6. The van der Waals surface area contributed by atoms with Gasteiger partial charge >= 0.3 is 13.3 Å². The van der Waals surface area contributed by atoms with Crippen LogP contribution in [0.4, 0.5) is 23.2 Å². The minimum atomic E-state index is -4.40. The van der Waals surface area contributed by atoms with E-state index >= 15 is 0 Å². The van der Waals surface area contributed by atoms with Gasteiger partial charge in [-0.3, -0.25) is 9.78 Å². The lowest BCUT2D eigenvalue weighted by molar-refractivity contribution is -0.138. The monoisotopic (exact) mass is 598 g/mol. The van der Waals surface area contributed by atoms with Gasteiger partial charge in [-0.1, -0.05) is 26.0 Å². The highest BCUT2D eigenvalue weighted by Crippen LogP contribution is 2.62. The molecular weight excluding hydrogens is 559 g/mol. The molecule has 1 aliphatic heterocycles. The van der Waals surface area contributed by atoms with Gasteiger partial charge in [0.15, 0.2) is 0 Å². The van der Waals surface area contributed by atoms with Gasteiger partial charge in [0.25, 0.3) is 0 Å². The second kappa shape index (κ2) is 10.0. The predicted molar refractivity (Wildman–Crippen MR) is 156 cm³/mol. The maximum atomic E-state index is 14.6. The molecule has 0 N–H and O–H groups in total. The molecule has 6 saturated carbocycles. The number of benzene rings is 1. The first-order valence-corrected chi connectivity index (χ1v) is 15.6. The maximum Gasteiger partial charge on any atom is 0.493 e. The largest absolute Gasteiger partial charge is 0.493 e. The molecule has 4 bridgehead atoms. The molecule has 2 heterocycles. The Bertz CT molecular complexity index is 1360. The second-order valence-electron chi connectivity index (χ2n) is 15.0. The predicted octanol–water partition coefficient (Wildman–Crippen LogP) is 6.63. The van der Waals surface area contributed by atoms with Gasteiger partial charge in [0, 0.05) is 48.2 Å². The van der Waals surface area contributed by atoms with Crippen LogP contribution in [0.25, 0.3) is 0 Å². The van der Waals surface area contributed by atoms with Crippen molar-refractivity contribution in [2.24, 2.45) is 22.2 Å². The lowest BCUT2D eigenvalue weighted by Crippen LogP contribution is -2.54. The van der Waals surface area contributed by atoms with E-state index in [9.17, 15) is 22.4 Å². The Morgan fingerprint density at radius 2 is 1.67 bits per heavy atom. The van der Waals surface area contributed by atoms with Crippen molar-refractivity contribution in [2.45, 2.75) is 89.4 Å². The van der Waals surface area contributed by atoms with Crippen LogP contribution in [0, 0.1) is 22.2 Å². The zero-order valence-electron chi connectivity index (χ0n) is 24.9. The maximum absolute atomic E-state index is 14.6. The van der Waals surface area contributed by atoms with Gasteiger partial charge in [-0.05, 0) is 98.8 Å². The van der Waals surface area contributed by atoms with Crippen molar-refractivity contribution in [2.75, 3.05) is 24.7 Å². The zero-order chi connectivity index (χ0) is 30.3. The first kappa shape index (κ1) is 29.3. The molecule has 43 heavy (non-hydrogen) atoms. The topological polar surface area (TPSA) is 51.7 Å². The number of carbonyl (C=O) groups is 1. The third kappa shape index (κ3) is 5.10. The summed E-state index contributed by atoms with van der Waals surface area (Å²) in [6.07, 6.45) is 2.24. The molecule has 5 nitrogen and oxygen atoms in total. The summed E-state index contributed by atoms with van der Waals surface area (Å²) in [5, 5.41) is 0. The summed E-state index contributed by atoms with van der Waals surface area (Å²) in [5.41, 5.74) is 0.652. The quantitative estimate of drug-likeness (QED) is 0.277. The van der Waals surface area contributed by atoms with Crippen LogP contribution < -0.4 is 10.4 Å². The van der Waals surface area contributed by atoms with Crippen molar-refractivity contribution in [3.05, 3.63) is 53.9 Å². The first-order valence-electron chi connectivity index (χ1n) is 15.6. The van der Waals surface area contributed by atoms with Gasteiger partial charge in [-0.25, -0.2) is 4.39 Å². The Labute approximate surface area is 250 Å². The van der Waals surface area contributed by atoms with Crippen LogP contribution in [-0.4, -0.2) is 43.9 Å². The van der Waals surface area contributed by atoms with E-state index < -0.39 is 30.4 Å². The smallest absolute Gasteiger partial charge is 0.407 e. The van der Waals surface area contributed by atoms with Crippen LogP contribution in [0.2, 0.25) is 0 Å². The minimum absolute atomic E-state index is 0.0103. The van der Waals surface area contributed by atoms with Crippen LogP contribution in [0.15, 0.2) is 42.6 Å². The average Bonchev–Trinajstić information content (AvgIpc) is 3.49. The molecule has 1 aromatic carbocycles. The number of aromatic nitrogens is 1. The standard InChI is InChI=1S/C33H39BF4N2O3/c1-29(2)20-42-34(43-21-29)24-4-3-5-25(14-24)40(28(41)32-15-22(16-32)26(35)17-32)19-30-8-11-31(12-9-30,13-10-30)27-7-6-23(18-39-27)33(36,37)38/h3-7,14,18,22,26H,8-13,15-17,19-21H2,1-2H3. The van der Waals surface area contributed by atoms with Crippen molar-refractivity contribution < 1.29 is 31.7 Å². The number of hydrogen-bond acceptors (Lipinski definition) is 4. The lowest BCUT2D eigenvalue weighted by Gasteiger charge is -2.55. The number of alkyl halides is 4. The number of halogens is 4. The zero-order valence-corrected chi connectivity index (χ0v) is 24.9. The summed E-state index contributed by atoms with van der Waals surface area (Å²) in [6.45, 7) is 5.90. The molecule has 0 spiro atoms. The third-order valence-electron chi connectivity index (χ3n) is 11.3. The summed E-state index contributed by atoms with van der Waals surface area (Å²) in [7, 11) is -0.503. The second-order valence-corrected chi connectivity index (χ2v) is 15.0. The van der Waals surface area contributed by atoms with Gasteiger partial charge in [-0.2, -0.15) is 13.2 Å². The molecule has 1 saturated heterocycles. The van der Waals surface area contributed by atoms with Crippen LogP contribution in [0.3, 0.4) is 0 Å². The van der Waals surface area contributed by atoms with Crippen molar-refractivity contribution in [1.82, 2.24) is 4.98 Å². The molecule has 9 rings (SSSR count). The Morgan fingerprint density at radius 3 is 2.23 bits per heavy atom. The lowest BCUT2D eigenvalue weighted by atomic mass is 9.52. The normalized spacial score (nSPS) is 34.6. The van der Waals surface area contributed by atoms with E-state index in [4.69, 9.17) is 9.31 Å². The van der Waals surface area contributed by atoms with Crippen molar-refractivity contribution in [3.63, 3.8) is 0 Å². The first-order chi connectivity index (χ1) is 20.3. The molecule has 230 valence electrons. The number of pyridine rings is 1. The van der Waals surface area contributed by atoms with Crippen molar-refractivity contribution in [1.29, 1.82) is 0 Å². The fourth-order valence-corrected chi connectivity index (χ4v) is 8.55. The Morgan fingerprint density at radius 1 is 1.00 bits per heavy atom. The average molecular weight is 598 g/mol. The molecule has 2 aromatic rings. The van der Waals surface area contributed by atoms with Crippen molar-refractivity contribution >= 4 is 24.2 Å². The van der Waals surface area contributed by atoms with Crippen LogP contribution in [0.1, 0.15) is 82.9 Å². The van der Waals surface area contributed by atoms with Crippen LogP contribution in [0.5, 0.6) is 0 Å². The molecule has 1 amide bonds. The van der Waals surface area contributed by atoms with E-state index in [2.05, 4.69) is 18.8 Å².